The van der Waals surface area contributed by atoms with Crippen molar-refractivity contribution in [3.05, 3.63) is 29.8 Å². The fraction of sp³-hybridized carbons (Fsp3) is 0.611. The van der Waals surface area contributed by atoms with E-state index in [0.717, 1.165) is 5.75 Å². The molecule has 0 saturated heterocycles. The van der Waals surface area contributed by atoms with Crippen molar-refractivity contribution in [1.29, 1.82) is 5.26 Å². The smallest absolute Gasteiger partial charge is 0.123 e. The summed E-state index contributed by atoms with van der Waals surface area (Å²) in [6.45, 7) is 13.1. The first-order valence-electron chi connectivity index (χ1n) is 7.59. The average Bonchev–Trinajstić information content (AvgIpc) is 2.37. The van der Waals surface area contributed by atoms with Crippen LogP contribution in [-0.2, 0) is 5.41 Å². The van der Waals surface area contributed by atoms with Crippen LogP contribution in [0.2, 0.25) is 0 Å². The molecule has 0 bridgehead atoms. The number of para-hydroxylation sites is 1. The third-order valence-corrected chi connectivity index (χ3v) is 3.41. The lowest BCUT2D eigenvalue weighted by atomic mass is 9.86. The maximum atomic E-state index is 9.35. The summed E-state index contributed by atoms with van der Waals surface area (Å²) < 4.78 is 5.95. The molecule has 116 valence electrons. The second kappa shape index (κ2) is 6.95. The van der Waals surface area contributed by atoms with E-state index >= 15 is 0 Å². The third kappa shape index (κ3) is 5.40. The monoisotopic (exact) mass is 288 g/mol. The predicted octanol–water partition coefficient (Wildman–Crippen LogP) is 4.03. The van der Waals surface area contributed by atoms with E-state index in [0.29, 0.717) is 13.0 Å². The van der Waals surface area contributed by atoms with Crippen molar-refractivity contribution in [3.63, 3.8) is 0 Å². The Morgan fingerprint density at radius 3 is 2.33 bits per heavy atom. The van der Waals surface area contributed by atoms with E-state index in [2.05, 4.69) is 38.2 Å². The van der Waals surface area contributed by atoms with Gasteiger partial charge in [0.05, 0.1) is 12.7 Å². The van der Waals surface area contributed by atoms with Gasteiger partial charge in [-0.15, -0.1) is 0 Å². The lowest BCUT2D eigenvalue weighted by molar-refractivity contribution is 0.255. The molecule has 3 nitrogen and oxygen atoms in total. The normalized spacial score (nSPS) is 14.6. The van der Waals surface area contributed by atoms with E-state index in [1.165, 1.54) is 5.56 Å². The van der Waals surface area contributed by atoms with Gasteiger partial charge in [0.2, 0.25) is 0 Å². The van der Waals surface area contributed by atoms with Crippen molar-refractivity contribution in [2.24, 2.45) is 0 Å². The Morgan fingerprint density at radius 1 is 1.19 bits per heavy atom. The maximum Gasteiger partial charge on any atom is 0.123 e. The second-order valence-electron chi connectivity index (χ2n) is 7.09. The zero-order chi connectivity index (χ0) is 16.1. The summed E-state index contributed by atoms with van der Waals surface area (Å²) in [5.41, 5.74) is 0.691. The predicted molar refractivity (Wildman–Crippen MR) is 87.5 cm³/mol. The first-order valence-corrected chi connectivity index (χ1v) is 7.59. The quantitative estimate of drug-likeness (QED) is 0.859. The number of rotatable bonds is 6. The van der Waals surface area contributed by atoms with Gasteiger partial charge in [-0.25, -0.2) is 0 Å². The summed E-state index contributed by atoms with van der Waals surface area (Å²) in [6.07, 6.45) is 0.653. The van der Waals surface area contributed by atoms with Gasteiger partial charge in [0.1, 0.15) is 11.3 Å². The van der Waals surface area contributed by atoms with Crippen LogP contribution in [0.4, 0.5) is 0 Å². The molecule has 0 amide bonds. The first-order chi connectivity index (χ1) is 9.68. The van der Waals surface area contributed by atoms with E-state index in [1.54, 1.807) is 0 Å². The number of nitriles is 1. The zero-order valence-corrected chi connectivity index (χ0v) is 14.2. The van der Waals surface area contributed by atoms with Crippen LogP contribution in [0.25, 0.3) is 0 Å². The highest BCUT2D eigenvalue weighted by Gasteiger charge is 2.25. The fourth-order valence-electron chi connectivity index (χ4n) is 2.37. The number of nitrogens with one attached hydrogen (secondary N) is 1. The molecule has 0 saturated carbocycles. The lowest BCUT2D eigenvalue weighted by Crippen LogP contribution is -2.46. The van der Waals surface area contributed by atoms with E-state index in [4.69, 9.17) is 4.74 Å². The summed E-state index contributed by atoms with van der Waals surface area (Å²) >= 11 is 0. The molecule has 1 rings (SSSR count). The molecule has 21 heavy (non-hydrogen) atoms. The molecule has 1 aromatic rings. The molecule has 3 heteroatoms. The van der Waals surface area contributed by atoms with Crippen LogP contribution in [0, 0.1) is 11.3 Å². The topological polar surface area (TPSA) is 45.0 Å². The van der Waals surface area contributed by atoms with E-state index < -0.39 is 5.54 Å². The Hall–Kier alpha value is -1.53. The van der Waals surface area contributed by atoms with Gasteiger partial charge in [0.25, 0.3) is 0 Å². The second-order valence-corrected chi connectivity index (χ2v) is 7.09. The van der Waals surface area contributed by atoms with Gasteiger partial charge in [0, 0.05) is 12.5 Å². The summed E-state index contributed by atoms with van der Waals surface area (Å²) in [4.78, 5) is 0. The highest BCUT2D eigenvalue weighted by molar-refractivity contribution is 5.38. The Morgan fingerprint density at radius 2 is 1.81 bits per heavy atom. The SMILES string of the molecule is CC(C)NC(C)(C#N)CCOc1ccccc1C(C)(C)C. The molecular formula is C18H28N2O. The van der Waals surface area contributed by atoms with Crippen LogP contribution in [0.1, 0.15) is 53.5 Å². The highest BCUT2D eigenvalue weighted by Crippen LogP contribution is 2.31. The summed E-state index contributed by atoms with van der Waals surface area (Å²) in [7, 11) is 0. The largest absolute Gasteiger partial charge is 0.493 e. The van der Waals surface area contributed by atoms with Crippen molar-refractivity contribution in [1.82, 2.24) is 5.32 Å². The molecule has 0 heterocycles. The number of hydrogen-bond donors (Lipinski definition) is 1. The lowest BCUT2D eigenvalue weighted by Gasteiger charge is -2.27. The Kier molecular flexibility index (Phi) is 5.80. The van der Waals surface area contributed by atoms with Crippen LogP contribution in [0.15, 0.2) is 24.3 Å². The molecule has 0 aliphatic heterocycles. The standard InChI is InChI=1S/C18H28N2O/c1-14(2)20-18(6,13-19)11-12-21-16-10-8-7-9-15(16)17(3,4)5/h7-10,14,20H,11-12H2,1-6H3. The molecular weight excluding hydrogens is 260 g/mol. The van der Waals surface area contributed by atoms with Gasteiger partial charge >= 0.3 is 0 Å². The first kappa shape index (κ1) is 17.5. The minimum absolute atomic E-state index is 0.0469. The zero-order valence-electron chi connectivity index (χ0n) is 14.2. The summed E-state index contributed by atoms with van der Waals surface area (Å²) in [5.74, 6) is 0.912. The molecule has 0 aliphatic carbocycles. The highest BCUT2D eigenvalue weighted by atomic mass is 16.5. The van der Waals surface area contributed by atoms with Crippen LogP contribution in [0.5, 0.6) is 5.75 Å². The van der Waals surface area contributed by atoms with E-state index in [-0.39, 0.29) is 11.5 Å². The average molecular weight is 288 g/mol. The Bertz CT molecular complexity index is 497. The Labute approximate surface area is 129 Å². The van der Waals surface area contributed by atoms with Crippen LogP contribution in [-0.4, -0.2) is 18.2 Å². The van der Waals surface area contributed by atoms with E-state index in [9.17, 15) is 5.26 Å². The van der Waals surface area contributed by atoms with Crippen molar-refractivity contribution in [3.8, 4) is 11.8 Å². The molecule has 0 fully saturated rings. The molecule has 0 radical (unpaired) electrons. The molecule has 0 spiro atoms. The van der Waals surface area contributed by atoms with Crippen LogP contribution < -0.4 is 10.1 Å². The number of ether oxygens (including phenoxy) is 1. The molecule has 1 unspecified atom stereocenters. The van der Waals surface area contributed by atoms with Gasteiger partial charge in [0.15, 0.2) is 0 Å². The molecule has 1 aromatic carbocycles. The van der Waals surface area contributed by atoms with Crippen LogP contribution >= 0.6 is 0 Å². The number of nitrogens with zero attached hydrogens (tertiary/aromatic N) is 1. The summed E-state index contributed by atoms with van der Waals surface area (Å²) in [5, 5.41) is 12.6. The third-order valence-electron chi connectivity index (χ3n) is 3.41. The maximum absolute atomic E-state index is 9.35. The molecule has 1 atom stereocenters. The van der Waals surface area contributed by atoms with Crippen molar-refractivity contribution >= 4 is 0 Å². The fourth-order valence-corrected chi connectivity index (χ4v) is 2.37. The minimum Gasteiger partial charge on any atom is -0.493 e. The number of hydrogen-bond acceptors (Lipinski definition) is 3. The molecule has 1 N–H and O–H groups in total. The van der Waals surface area contributed by atoms with Crippen molar-refractivity contribution in [2.75, 3.05) is 6.61 Å². The van der Waals surface area contributed by atoms with Gasteiger partial charge in [-0.1, -0.05) is 39.0 Å². The number of benzene rings is 1. The van der Waals surface area contributed by atoms with Gasteiger partial charge in [-0.3, -0.25) is 5.32 Å². The molecule has 0 aliphatic rings. The van der Waals surface area contributed by atoms with Crippen molar-refractivity contribution < 1.29 is 4.74 Å². The van der Waals surface area contributed by atoms with Gasteiger partial charge < -0.3 is 4.74 Å². The van der Waals surface area contributed by atoms with Gasteiger partial charge in [-0.2, -0.15) is 5.26 Å². The Balaban J connectivity index is 2.71. The van der Waals surface area contributed by atoms with Crippen molar-refractivity contribution in [2.45, 2.75) is 65.0 Å². The summed E-state index contributed by atoms with van der Waals surface area (Å²) in [6, 6.07) is 10.7. The van der Waals surface area contributed by atoms with Gasteiger partial charge in [-0.05, 0) is 37.8 Å². The minimum atomic E-state index is -0.551. The van der Waals surface area contributed by atoms with Crippen LogP contribution in [0.3, 0.4) is 0 Å². The molecule has 0 aromatic heterocycles. The van der Waals surface area contributed by atoms with E-state index in [1.807, 2.05) is 39.0 Å².